The summed E-state index contributed by atoms with van der Waals surface area (Å²) in [6.45, 7) is 5.24. The van der Waals surface area contributed by atoms with Gasteiger partial charge in [-0.3, -0.25) is 10.2 Å². The predicted octanol–water partition coefficient (Wildman–Crippen LogP) is 2.93. The maximum absolute atomic E-state index is 12.6. The lowest BCUT2D eigenvalue weighted by atomic mass is 9.93. The van der Waals surface area contributed by atoms with Crippen LogP contribution in [-0.2, 0) is 0 Å². The lowest BCUT2D eigenvalue weighted by molar-refractivity contribution is -0.147. The van der Waals surface area contributed by atoms with E-state index in [1.165, 1.54) is 4.90 Å². The van der Waals surface area contributed by atoms with Crippen LogP contribution in [0.25, 0.3) is 0 Å². The largest absolute Gasteiger partial charge is 0.401 e. The van der Waals surface area contributed by atoms with Crippen molar-refractivity contribution in [3.8, 4) is 6.07 Å². The number of nitriles is 1. The summed E-state index contributed by atoms with van der Waals surface area (Å²) in [5.74, 6) is 0.169. The van der Waals surface area contributed by atoms with Gasteiger partial charge < -0.3 is 0 Å². The van der Waals surface area contributed by atoms with Gasteiger partial charge in [0, 0.05) is 12.6 Å². The molecule has 0 radical (unpaired) electrons. The number of nitrogens with zero attached hydrogens (tertiary/aromatic N) is 2. The molecular weight excluding hydrogens is 267 g/mol. The van der Waals surface area contributed by atoms with Crippen LogP contribution in [0.5, 0.6) is 0 Å². The molecule has 0 heterocycles. The van der Waals surface area contributed by atoms with Crippen LogP contribution in [-0.4, -0.2) is 42.3 Å². The Morgan fingerprint density at radius 3 is 2.25 bits per heavy atom. The summed E-state index contributed by atoms with van der Waals surface area (Å²) in [5.41, 5.74) is -0.853. The Balaban J connectivity index is 2.82. The van der Waals surface area contributed by atoms with Gasteiger partial charge in [-0.1, -0.05) is 6.92 Å². The zero-order chi connectivity index (χ0) is 15.4. The quantitative estimate of drug-likeness (QED) is 0.747. The SMILES string of the molecule is CCCN(CC(F)(F)F)CC(C#N)(NC(C)C)C1CC1. The average molecular weight is 291 g/mol. The van der Waals surface area contributed by atoms with Crippen LogP contribution in [0, 0.1) is 17.2 Å². The van der Waals surface area contributed by atoms with Crippen molar-refractivity contribution in [2.24, 2.45) is 5.92 Å². The molecule has 1 saturated carbocycles. The van der Waals surface area contributed by atoms with E-state index < -0.39 is 18.3 Å². The molecule has 1 rings (SSSR count). The fourth-order valence-electron chi connectivity index (χ4n) is 2.68. The molecule has 0 saturated heterocycles. The molecule has 1 aliphatic carbocycles. The first-order valence-corrected chi connectivity index (χ1v) is 7.20. The summed E-state index contributed by atoms with van der Waals surface area (Å²) in [4.78, 5) is 1.36. The van der Waals surface area contributed by atoms with E-state index in [0.29, 0.717) is 13.0 Å². The van der Waals surface area contributed by atoms with E-state index in [9.17, 15) is 18.4 Å². The van der Waals surface area contributed by atoms with Crippen LogP contribution in [0.4, 0.5) is 13.2 Å². The minimum Gasteiger partial charge on any atom is -0.296 e. The summed E-state index contributed by atoms with van der Waals surface area (Å²) < 4.78 is 37.9. The van der Waals surface area contributed by atoms with E-state index in [1.54, 1.807) is 0 Å². The van der Waals surface area contributed by atoms with Gasteiger partial charge in [-0.2, -0.15) is 18.4 Å². The monoisotopic (exact) mass is 291 g/mol. The molecule has 6 heteroatoms. The zero-order valence-electron chi connectivity index (χ0n) is 12.4. The van der Waals surface area contributed by atoms with Gasteiger partial charge in [-0.25, -0.2) is 0 Å². The zero-order valence-corrected chi connectivity index (χ0v) is 12.4. The van der Waals surface area contributed by atoms with Crippen LogP contribution >= 0.6 is 0 Å². The standard InChI is InChI=1S/C14H24F3N3/c1-4-7-20(10-14(15,16)17)9-13(8-18,12-5-6-12)19-11(2)3/h11-12,19H,4-7,9-10H2,1-3H3. The number of hydrogen-bond acceptors (Lipinski definition) is 3. The van der Waals surface area contributed by atoms with Gasteiger partial charge in [0.1, 0.15) is 5.54 Å². The van der Waals surface area contributed by atoms with Crippen molar-refractivity contribution in [2.45, 2.75) is 57.8 Å². The van der Waals surface area contributed by atoms with Crippen molar-refractivity contribution in [2.75, 3.05) is 19.6 Å². The Hall–Kier alpha value is -0.800. The Labute approximate surface area is 119 Å². The minimum absolute atomic E-state index is 0.0737. The lowest BCUT2D eigenvalue weighted by Gasteiger charge is -2.36. The second-order valence-electron chi connectivity index (χ2n) is 5.98. The first kappa shape index (κ1) is 17.3. The van der Waals surface area contributed by atoms with Crippen molar-refractivity contribution in [1.29, 1.82) is 5.26 Å². The third-order valence-electron chi connectivity index (χ3n) is 3.44. The van der Waals surface area contributed by atoms with Gasteiger partial charge in [0.2, 0.25) is 0 Å². The molecule has 1 atom stereocenters. The Kier molecular flexibility index (Phi) is 5.84. The fourth-order valence-corrected chi connectivity index (χ4v) is 2.68. The Bertz CT molecular complexity index is 345. The minimum atomic E-state index is -4.22. The van der Waals surface area contributed by atoms with E-state index >= 15 is 0 Å². The molecule has 20 heavy (non-hydrogen) atoms. The second kappa shape index (κ2) is 6.77. The lowest BCUT2D eigenvalue weighted by Crippen LogP contribution is -2.57. The van der Waals surface area contributed by atoms with E-state index in [0.717, 1.165) is 12.8 Å². The molecule has 0 aromatic rings. The van der Waals surface area contributed by atoms with Crippen LogP contribution in [0.2, 0.25) is 0 Å². The molecule has 1 aliphatic rings. The van der Waals surface area contributed by atoms with Crippen LogP contribution in [0.15, 0.2) is 0 Å². The molecule has 0 aromatic carbocycles. The van der Waals surface area contributed by atoms with E-state index in [1.807, 2.05) is 20.8 Å². The molecule has 1 N–H and O–H groups in total. The van der Waals surface area contributed by atoms with Gasteiger partial charge in [0.05, 0.1) is 12.6 Å². The highest BCUT2D eigenvalue weighted by molar-refractivity contribution is 5.17. The highest BCUT2D eigenvalue weighted by atomic mass is 19.4. The number of rotatable bonds is 8. The van der Waals surface area contributed by atoms with Gasteiger partial charge in [0.25, 0.3) is 0 Å². The molecule has 0 spiro atoms. The van der Waals surface area contributed by atoms with Crippen molar-refractivity contribution < 1.29 is 13.2 Å². The highest BCUT2D eigenvalue weighted by Gasteiger charge is 2.47. The first-order valence-electron chi connectivity index (χ1n) is 7.20. The van der Waals surface area contributed by atoms with Gasteiger partial charge in [-0.05, 0) is 45.6 Å². The van der Waals surface area contributed by atoms with Gasteiger partial charge >= 0.3 is 6.18 Å². The summed E-state index contributed by atoms with van der Waals surface area (Å²) in [7, 11) is 0. The molecule has 1 unspecified atom stereocenters. The Morgan fingerprint density at radius 1 is 1.30 bits per heavy atom. The second-order valence-corrected chi connectivity index (χ2v) is 5.98. The van der Waals surface area contributed by atoms with Crippen LogP contribution in [0.1, 0.15) is 40.0 Å². The summed E-state index contributed by atoms with van der Waals surface area (Å²) in [6, 6.07) is 2.34. The molecular formula is C14H24F3N3. The Morgan fingerprint density at radius 2 is 1.90 bits per heavy atom. The normalized spacial score (nSPS) is 19.1. The number of hydrogen-bond donors (Lipinski definition) is 1. The van der Waals surface area contributed by atoms with Crippen molar-refractivity contribution in [3.05, 3.63) is 0 Å². The highest BCUT2D eigenvalue weighted by Crippen LogP contribution is 2.40. The number of nitrogens with one attached hydrogen (secondary N) is 1. The maximum Gasteiger partial charge on any atom is 0.401 e. The number of halogens is 3. The topological polar surface area (TPSA) is 39.1 Å². The molecule has 0 bridgehead atoms. The van der Waals surface area contributed by atoms with Gasteiger partial charge in [-0.15, -0.1) is 0 Å². The molecule has 0 aromatic heterocycles. The fraction of sp³-hybridized carbons (Fsp3) is 0.929. The molecule has 116 valence electrons. The van der Waals surface area contributed by atoms with Crippen molar-refractivity contribution in [1.82, 2.24) is 10.2 Å². The van der Waals surface area contributed by atoms with Crippen LogP contribution < -0.4 is 5.32 Å². The third-order valence-corrected chi connectivity index (χ3v) is 3.44. The van der Waals surface area contributed by atoms with Crippen LogP contribution in [0.3, 0.4) is 0 Å². The van der Waals surface area contributed by atoms with Gasteiger partial charge in [0.15, 0.2) is 0 Å². The van der Waals surface area contributed by atoms with E-state index in [-0.39, 0.29) is 18.5 Å². The predicted molar refractivity (Wildman–Crippen MR) is 72.1 cm³/mol. The number of alkyl halides is 3. The van der Waals surface area contributed by atoms with Crippen molar-refractivity contribution >= 4 is 0 Å². The van der Waals surface area contributed by atoms with E-state index in [2.05, 4.69) is 11.4 Å². The first-order chi connectivity index (χ1) is 9.22. The average Bonchev–Trinajstić information content (AvgIpc) is 3.09. The summed E-state index contributed by atoms with van der Waals surface area (Å²) >= 11 is 0. The smallest absolute Gasteiger partial charge is 0.296 e. The maximum atomic E-state index is 12.6. The molecule has 1 fully saturated rings. The van der Waals surface area contributed by atoms with E-state index in [4.69, 9.17) is 0 Å². The van der Waals surface area contributed by atoms with Crippen molar-refractivity contribution in [3.63, 3.8) is 0 Å². The molecule has 3 nitrogen and oxygen atoms in total. The third kappa shape index (κ3) is 5.29. The summed E-state index contributed by atoms with van der Waals surface area (Å²) in [5, 5.41) is 12.7. The summed E-state index contributed by atoms with van der Waals surface area (Å²) in [6.07, 6.45) is -1.75. The molecule has 0 aliphatic heterocycles. The molecule has 0 amide bonds.